The number of benzene rings is 1. The van der Waals surface area contributed by atoms with Crippen LogP contribution in [-0.2, 0) is 18.3 Å². The van der Waals surface area contributed by atoms with Crippen LogP contribution in [-0.4, -0.2) is 45.7 Å². The number of carbonyl (C=O) groups is 1. The van der Waals surface area contributed by atoms with E-state index >= 15 is 0 Å². The molecule has 0 radical (unpaired) electrons. The van der Waals surface area contributed by atoms with Gasteiger partial charge in [0.25, 0.3) is 0 Å². The van der Waals surface area contributed by atoms with Crippen LogP contribution in [0.1, 0.15) is 31.2 Å². The first kappa shape index (κ1) is 17.1. The Morgan fingerprint density at radius 1 is 1.26 bits per heavy atom. The van der Waals surface area contributed by atoms with Gasteiger partial charge in [0.05, 0.1) is 6.04 Å². The minimum atomic E-state index is -0.267. The van der Waals surface area contributed by atoms with E-state index in [4.69, 9.17) is 0 Å². The number of aryl methyl sites for hydroxylation is 1. The summed E-state index contributed by atoms with van der Waals surface area (Å²) >= 11 is 0. The molecule has 1 aromatic carbocycles. The minimum absolute atomic E-state index is 0.0790. The zero-order valence-electron chi connectivity index (χ0n) is 14.4. The van der Waals surface area contributed by atoms with E-state index in [9.17, 15) is 4.79 Å². The molecule has 1 atom stereocenters. The molecule has 0 saturated carbocycles. The first-order valence-electron chi connectivity index (χ1n) is 7.80. The molecule has 0 aliphatic rings. The zero-order valence-corrected chi connectivity index (χ0v) is 14.4. The van der Waals surface area contributed by atoms with E-state index in [0.717, 1.165) is 11.4 Å². The maximum atomic E-state index is 12.7. The first-order valence-corrected chi connectivity index (χ1v) is 7.80. The molecule has 6 heteroatoms. The molecule has 0 saturated heterocycles. The molecule has 0 aliphatic heterocycles. The number of likely N-dealkylation sites (N-methyl/N-ethyl adjacent to an activating group) is 1. The van der Waals surface area contributed by atoms with Gasteiger partial charge in [-0.3, -0.25) is 15.0 Å². The fourth-order valence-electron chi connectivity index (χ4n) is 2.30. The Kier molecular flexibility index (Phi) is 5.50. The van der Waals surface area contributed by atoms with Crippen LogP contribution in [0.4, 0.5) is 5.95 Å². The summed E-state index contributed by atoms with van der Waals surface area (Å²) in [5, 5.41) is 7.22. The highest BCUT2D eigenvalue weighted by Crippen LogP contribution is 2.14. The topological polar surface area (TPSA) is 63.1 Å². The van der Waals surface area contributed by atoms with Gasteiger partial charge in [-0.25, -0.2) is 4.68 Å². The molecule has 0 aliphatic carbocycles. The summed E-state index contributed by atoms with van der Waals surface area (Å²) in [4.78, 5) is 19.0. The number of aromatic nitrogens is 3. The molecule has 1 aromatic heterocycles. The van der Waals surface area contributed by atoms with Gasteiger partial charge in [-0.1, -0.05) is 44.2 Å². The summed E-state index contributed by atoms with van der Waals surface area (Å²) < 4.78 is 1.61. The second-order valence-electron chi connectivity index (χ2n) is 6.23. The molecule has 6 nitrogen and oxygen atoms in total. The second-order valence-corrected chi connectivity index (χ2v) is 6.23. The van der Waals surface area contributed by atoms with E-state index in [0.29, 0.717) is 12.4 Å². The molecule has 0 spiro atoms. The summed E-state index contributed by atoms with van der Waals surface area (Å²) in [7, 11) is 5.60. The number of amides is 1. The molecule has 1 amide bonds. The summed E-state index contributed by atoms with van der Waals surface area (Å²) in [6, 6.07) is 9.74. The Hall–Kier alpha value is -2.21. The van der Waals surface area contributed by atoms with Crippen molar-refractivity contribution in [3.8, 4) is 0 Å². The number of nitrogens with one attached hydrogen (secondary N) is 1. The van der Waals surface area contributed by atoms with Crippen LogP contribution in [0.2, 0.25) is 0 Å². The summed E-state index contributed by atoms with van der Waals surface area (Å²) in [6.07, 6.45) is 0.647. The van der Waals surface area contributed by atoms with Crippen molar-refractivity contribution in [1.29, 1.82) is 0 Å². The van der Waals surface area contributed by atoms with E-state index in [2.05, 4.69) is 15.4 Å². The van der Waals surface area contributed by atoms with Crippen molar-refractivity contribution in [3.63, 3.8) is 0 Å². The monoisotopic (exact) mass is 315 g/mol. The molecular weight excluding hydrogens is 290 g/mol. The van der Waals surface area contributed by atoms with E-state index in [1.165, 1.54) is 0 Å². The van der Waals surface area contributed by atoms with Crippen molar-refractivity contribution in [2.45, 2.75) is 32.2 Å². The average molecular weight is 315 g/mol. The molecule has 1 heterocycles. The smallest absolute Gasteiger partial charge is 0.244 e. The lowest BCUT2D eigenvalue weighted by Gasteiger charge is -2.23. The van der Waals surface area contributed by atoms with Gasteiger partial charge in [-0.05, 0) is 26.1 Å². The third-order valence-corrected chi connectivity index (χ3v) is 3.73. The van der Waals surface area contributed by atoms with Gasteiger partial charge in [0.15, 0.2) is 5.82 Å². The standard InChI is InChI=1S/C17H25N5O/c1-12(2)15-18-17(22(5)20-15)19-16(23)14(21(3)4)11-13-9-7-6-8-10-13/h6-10,12,14H,11H2,1-5H3,(H,18,19,20,23). The lowest BCUT2D eigenvalue weighted by atomic mass is 10.0. The van der Waals surface area contributed by atoms with Crippen LogP contribution in [0.15, 0.2) is 30.3 Å². The van der Waals surface area contributed by atoms with E-state index in [1.807, 2.05) is 63.2 Å². The Balaban J connectivity index is 2.12. The normalized spacial score (nSPS) is 12.7. The fraction of sp³-hybridized carbons (Fsp3) is 0.471. The zero-order chi connectivity index (χ0) is 17.0. The largest absolute Gasteiger partial charge is 0.298 e. The molecule has 23 heavy (non-hydrogen) atoms. The molecule has 1 unspecified atom stereocenters. The van der Waals surface area contributed by atoms with Gasteiger partial charge in [0.2, 0.25) is 11.9 Å². The molecule has 1 N–H and O–H groups in total. The van der Waals surface area contributed by atoms with Crippen LogP contribution >= 0.6 is 0 Å². The molecule has 2 aromatic rings. The predicted molar refractivity (Wildman–Crippen MR) is 91.3 cm³/mol. The van der Waals surface area contributed by atoms with E-state index in [-0.39, 0.29) is 17.9 Å². The van der Waals surface area contributed by atoms with Gasteiger partial charge in [0, 0.05) is 13.0 Å². The predicted octanol–water partition coefficient (Wildman–Crippen LogP) is 2.05. The highest BCUT2D eigenvalue weighted by Gasteiger charge is 2.23. The number of anilines is 1. The number of nitrogens with zero attached hydrogens (tertiary/aromatic N) is 4. The first-order chi connectivity index (χ1) is 10.9. The lowest BCUT2D eigenvalue weighted by Crippen LogP contribution is -2.41. The number of hydrogen-bond donors (Lipinski definition) is 1. The highest BCUT2D eigenvalue weighted by molar-refractivity contribution is 5.93. The molecular formula is C17H25N5O. The maximum Gasteiger partial charge on any atom is 0.244 e. The SMILES string of the molecule is CC(C)c1nc(NC(=O)C(Cc2ccccc2)N(C)C)n(C)n1. The minimum Gasteiger partial charge on any atom is -0.298 e. The Labute approximate surface area is 137 Å². The van der Waals surface area contributed by atoms with Gasteiger partial charge < -0.3 is 0 Å². The quantitative estimate of drug-likeness (QED) is 0.886. The third kappa shape index (κ3) is 4.39. The fourth-order valence-corrected chi connectivity index (χ4v) is 2.30. The van der Waals surface area contributed by atoms with E-state index in [1.54, 1.807) is 11.7 Å². The lowest BCUT2D eigenvalue weighted by molar-refractivity contribution is -0.120. The number of rotatable bonds is 6. The second kappa shape index (κ2) is 7.37. The van der Waals surface area contributed by atoms with Crippen molar-refractivity contribution in [3.05, 3.63) is 41.7 Å². The summed E-state index contributed by atoms with van der Waals surface area (Å²) in [5.41, 5.74) is 1.13. The summed E-state index contributed by atoms with van der Waals surface area (Å²) in [6.45, 7) is 4.05. The van der Waals surface area contributed by atoms with Crippen molar-refractivity contribution < 1.29 is 4.79 Å². The van der Waals surface area contributed by atoms with Gasteiger partial charge in [-0.2, -0.15) is 10.1 Å². The maximum absolute atomic E-state index is 12.7. The third-order valence-electron chi connectivity index (χ3n) is 3.73. The average Bonchev–Trinajstić information content (AvgIpc) is 2.87. The van der Waals surface area contributed by atoms with Gasteiger partial charge in [0.1, 0.15) is 0 Å². The molecule has 124 valence electrons. The Morgan fingerprint density at radius 2 is 1.91 bits per heavy atom. The van der Waals surface area contributed by atoms with Gasteiger partial charge in [-0.15, -0.1) is 0 Å². The summed E-state index contributed by atoms with van der Waals surface area (Å²) in [5.74, 6) is 1.36. The Bertz CT molecular complexity index is 648. The van der Waals surface area contributed by atoms with Crippen molar-refractivity contribution in [2.75, 3.05) is 19.4 Å². The van der Waals surface area contributed by atoms with Crippen LogP contribution < -0.4 is 5.32 Å². The molecule has 0 fully saturated rings. The Morgan fingerprint density at radius 3 is 2.43 bits per heavy atom. The van der Waals surface area contributed by atoms with Crippen LogP contribution in [0.3, 0.4) is 0 Å². The van der Waals surface area contributed by atoms with Crippen LogP contribution in [0.5, 0.6) is 0 Å². The van der Waals surface area contributed by atoms with Crippen LogP contribution in [0, 0.1) is 0 Å². The van der Waals surface area contributed by atoms with Crippen LogP contribution in [0.25, 0.3) is 0 Å². The number of carbonyl (C=O) groups excluding carboxylic acids is 1. The van der Waals surface area contributed by atoms with Crippen molar-refractivity contribution >= 4 is 11.9 Å². The molecule has 0 bridgehead atoms. The van der Waals surface area contributed by atoms with Crippen molar-refractivity contribution in [2.24, 2.45) is 7.05 Å². The highest BCUT2D eigenvalue weighted by atomic mass is 16.2. The van der Waals surface area contributed by atoms with Gasteiger partial charge >= 0.3 is 0 Å². The van der Waals surface area contributed by atoms with E-state index < -0.39 is 0 Å². The molecule has 2 rings (SSSR count). The number of hydrogen-bond acceptors (Lipinski definition) is 4. The van der Waals surface area contributed by atoms with Crippen molar-refractivity contribution in [1.82, 2.24) is 19.7 Å².